The Morgan fingerprint density at radius 2 is 1.67 bits per heavy atom. The summed E-state index contributed by atoms with van der Waals surface area (Å²) in [4.78, 5) is 25.0. The third-order valence-electron chi connectivity index (χ3n) is 6.14. The van der Waals surface area contributed by atoms with Gasteiger partial charge in [0.1, 0.15) is 0 Å². The summed E-state index contributed by atoms with van der Waals surface area (Å²) in [5.41, 5.74) is 0.221. The molecule has 1 aromatic rings. The number of carbonyl (C=O) groups is 2. The second-order valence-electron chi connectivity index (χ2n) is 8.41. The van der Waals surface area contributed by atoms with E-state index in [4.69, 9.17) is 4.74 Å². The fourth-order valence-corrected chi connectivity index (χ4v) is 5.65. The zero-order chi connectivity index (χ0) is 21.7. The first kappa shape index (κ1) is 22.7. The van der Waals surface area contributed by atoms with E-state index in [0.717, 1.165) is 38.5 Å². The van der Waals surface area contributed by atoms with E-state index >= 15 is 0 Å². The van der Waals surface area contributed by atoms with Crippen LogP contribution in [0, 0.1) is 5.92 Å². The highest BCUT2D eigenvalue weighted by molar-refractivity contribution is 7.89. The molecule has 8 heteroatoms. The average molecular weight is 437 g/mol. The van der Waals surface area contributed by atoms with E-state index in [1.807, 2.05) is 0 Å². The fourth-order valence-electron chi connectivity index (χ4n) is 4.13. The molecule has 1 aliphatic carbocycles. The quantitative estimate of drug-likeness (QED) is 0.692. The lowest BCUT2D eigenvalue weighted by molar-refractivity contribution is -0.130. The van der Waals surface area contributed by atoms with Crippen molar-refractivity contribution in [3.8, 4) is 0 Å². The topological polar surface area (TPSA) is 92.8 Å². The van der Waals surface area contributed by atoms with Crippen LogP contribution in [-0.2, 0) is 19.6 Å². The number of hydrogen-bond donors (Lipinski definition) is 1. The van der Waals surface area contributed by atoms with E-state index in [2.05, 4.69) is 12.2 Å². The van der Waals surface area contributed by atoms with Gasteiger partial charge in [0, 0.05) is 19.1 Å². The summed E-state index contributed by atoms with van der Waals surface area (Å²) in [6, 6.07) is 5.84. The largest absolute Gasteiger partial charge is 0.449 e. The summed E-state index contributed by atoms with van der Waals surface area (Å²) >= 11 is 0. The number of esters is 1. The highest BCUT2D eigenvalue weighted by atomic mass is 32.2. The molecular formula is C22H32N2O5S. The minimum Gasteiger partial charge on any atom is -0.449 e. The number of carbonyl (C=O) groups excluding carboxylic acids is 2. The summed E-state index contributed by atoms with van der Waals surface area (Å²) in [5, 5.41) is 2.99. The smallest absolute Gasteiger partial charge is 0.338 e. The van der Waals surface area contributed by atoms with Crippen molar-refractivity contribution in [2.75, 3.05) is 13.1 Å². The first-order chi connectivity index (χ1) is 14.3. The lowest BCUT2D eigenvalue weighted by atomic mass is 9.86. The van der Waals surface area contributed by atoms with E-state index in [1.165, 1.54) is 35.0 Å². The molecule has 0 bridgehead atoms. The van der Waals surface area contributed by atoms with Crippen molar-refractivity contribution in [3.63, 3.8) is 0 Å². The number of sulfonamides is 1. The minimum atomic E-state index is -3.55. The van der Waals surface area contributed by atoms with Gasteiger partial charge in [-0.15, -0.1) is 0 Å². The molecule has 1 aliphatic heterocycles. The van der Waals surface area contributed by atoms with Gasteiger partial charge in [0.05, 0.1) is 10.5 Å². The maximum absolute atomic E-state index is 12.7. The molecule has 0 unspecified atom stereocenters. The Balaban J connectivity index is 1.58. The molecule has 1 N–H and O–H groups in total. The van der Waals surface area contributed by atoms with Crippen LogP contribution in [0.5, 0.6) is 0 Å². The lowest BCUT2D eigenvalue weighted by Crippen LogP contribution is -2.45. The number of hydrogen-bond acceptors (Lipinski definition) is 5. The van der Waals surface area contributed by atoms with Crippen LogP contribution >= 0.6 is 0 Å². The number of amides is 1. The van der Waals surface area contributed by atoms with Crippen LogP contribution in [0.4, 0.5) is 0 Å². The normalized spacial score (nSPS) is 24.1. The van der Waals surface area contributed by atoms with Crippen LogP contribution in [0.25, 0.3) is 0 Å². The molecule has 0 aromatic heterocycles. The monoisotopic (exact) mass is 436 g/mol. The van der Waals surface area contributed by atoms with E-state index in [-0.39, 0.29) is 22.4 Å². The van der Waals surface area contributed by atoms with Gasteiger partial charge in [-0.1, -0.05) is 26.2 Å². The van der Waals surface area contributed by atoms with Gasteiger partial charge in [0.25, 0.3) is 5.91 Å². The lowest BCUT2D eigenvalue weighted by Gasteiger charge is -2.30. The maximum Gasteiger partial charge on any atom is 0.338 e. The molecule has 7 nitrogen and oxygen atoms in total. The Morgan fingerprint density at radius 1 is 1.03 bits per heavy atom. The number of nitrogens with one attached hydrogen (secondary N) is 1. The molecule has 3 atom stereocenters. The highest BCUT2D eigenvalue weighted by Crippen LogP contribution is 2.24. The van der Waals surface area contributed by atoms with E-state index in [0.29, 0.717) is 19.0 Å². The first-order valence-electron chi connectivity index (χ1n) is 10.9. The fraction of sp³-hybridized carbons (Fsp3) is 0.636. The number of nitrogens with zero attached hydrogens (tertiary/aromatic N) is 1. The zero-order valence-corrected chi connectivity index (χ0v) is 18.6. The van der Waals surface area contributed by atoms with Gasteiger partial charge in [-0.2, -0.15) is 4.31 Å². The van der Waals surface area contributed by atoms with Crippen LogP contribution in [-0.4, -0.2) is 49.8 Å². The minimum absolute atomic E-state index is 0.117. The van der Waals surface area contributed by atoms with Gasteiger partial charge in [0.15, 0.2) is 6.10 Å². The molecular weight excluding hydrogens is 404 g/mol. The molecule has 1 amide bonds. The summed E-state index contributed by atoms with van der Waals surface area (Å²) in [6.45, 7) is 4.73. The number of rotatable bonds is 6. The van der Waals surface area contributed by atoms with Crippen molar-refractivity contribution in [2.24, 2.45) is 5.92 Å². The molecule has 1 heterocycles. The Bertz CT molecular complexity index is 847. The summed E-state index contributed by atoms with van der Waals surface area (Å²) in [5.74, 6) is -0.525. The van der Waals surface area contributed by atoms with E-state index in [1.54, 1.807) is 6.92 Å². The summed E-state index contributed by atoms with van der Waals surface area (Å²) in [7, 11) is -3.55. The van der Waals surface area contributed by atoms with Crippen molar-refractivity contribution in [1.29, 1.82) is 0 Å². The Kier molecular flexibility index (Phi) is 7.52. The molecule has 1 saturated heterocycles. The van der Waals surface area contributed by atoms with Gasteiger partial charge in [-0.05, 0) is 62.8 Å². The van der Waals surface area contributed by atoms with Crippen molar-refractivity contribution >= 4 is 21.9 Å². The Labute approximate surface area is 179 Å². The molecule has 3 rings (SSSR count). The maximum atomic E-state index is 12.7. The molecule has 0 spiro atoms. The van der Waals surface area contributed by atoms with E-state index in [9.17, 15) is 18.0 Å². The van der Waals surface area contributed by atoms with Crippen LogP contribution in [0.2, 0.25) is 0 Å². The summed E-state index contributed by atoms with van der Waals surface area (Å²) in [6.07, 6.45) is 6.17. The van der Waals surface area contributed by atoms with Gasteiger partial charge in [-0.3, -0.25) is 4.79 Å². The van der Waals surface area contributed by atoms with Gasteiger partial charge in [0.2, 0.25) is 10.0 Å². The number of piperidine rings is 1. The molecule has 1 aromatic carbocycles. The third kappa shape index (κ3) is 5.40. The zero-order valence-electron chi connectivity index (χ0n) is 17.8. The number of ether oxygens (including phenoxy) is 1. The molecule has 166 valence electrons. The van der Waals surface area contributed by atoms with Crippen molar-refractivity contribution in [2.45, 2.75) is 75.8 Å². The third-order valence-corrected chi connectivity index (χ3v) is 8.05. The molecule has 0 radical (unpaired) electrons. The van der Waals surface area contributed by atoms with Crippen LogP contribution < -0.4 is 5.32 Å². The van der Waals surface area contributed by atoms with Crippen LogP contribution in [0.15, 0.2) is 29.2 Å². The van der Waals surface area contributed by atoms with Crippen molar-refractivity contribution < 1.29 is 22.7 Å². The van der Waals surface area contributed by atoms with Gasteiger partial charge >= 0.3 is 5.97 Å². The second-order valence-corrected chi connectivity index (χ2v) is 10.4. The standard InChI is InChI=1S/C22H32N2O5S/c1-16-8-4-5-9-20(16)23-21(25)17(2)29-22(26)18-10-12-19(13-11-18)30(27,28)24-14-6-3-7-15-24/h10-13,16-17,20H,3-9,14-15H2,1-2H3,(H,23,25)/t16-,17+,20+/m1/s1. The molecule has 2 aliphatic rings. The molecule has 30 heavy (non-hydrogen) atoms. The van der Waals surface area contributed by atoms with Crippen LogP contribution in [0.3, 0.4) is 0 Å². The SMILES string of the molecule is C[C@H](OC(=O)c1ccc(S(=O)(=O)N2CCCCC2)cc1)C(=O)N[C@H]1CCCC[C@H]1C. The first-order valence-corrected chi connectivity index (χ1v) is 12.3. The predicted molar refractivity (Wildman–Crippen MR) is 113 cm³/mol. The molecule has 1 saturated carbocycles. The highest BCUT2D eigenvalue weighted by Gasteiger charge is 2.28. The van der Waals surface area contributed by atoms with Gasteiger partial charge in [-0.25, -0.2) is 13.2 Å². The molecule has 2 fully saturated rings. The second kappa shape index (κ2) is 9.92. The van der Waals surface area contributed by atoms with Gasteiger partial charge < -0.3 is 10.1 Å². The van der Waals surface area contributed by atoms with Crippen molar-refractivity contribution in [1.82, 2.24) is 9.62 Å². The van der Waals surface area contributed by atoms with E-state index < -0.39 is 22.1 Å². The Hall–Kier alpha value is -1.93. The van der Waals surface area contributed by atoms with Crippen molar-refractivity contribution in [3.05, 3.63) is 29.8 Å². The summed E-state index contributed by atoms with van der Waals surface area (Å²) < 4.78 is 32.2. The van der Waals surface area contributed by atoms with Crippen LogP contribution in [0.1, 0.15) is 69.2 Å². The Morgan fingerprint density at radius 3 is 2.30 bits per heavy atom. The average Bonchev–Trinajstić information content (AvgIpc) is 2.76. The predicted octanol–water partition coefficient (Wildman–Crippen LogP) is 3.10. The number of benzene rings is 1.